The summed E-state index contributed by atoms with van der Waals surface area (Å²) in [7, 11) is 1.56. The third-order valence-electron chi connectivity index (χ3n) is 7.83. The van der Waals surface area contributed by atoms with Gasteiger partial charge in [0.25, 0.3) is 0 Å². The number of methoxy groups -OCH3 is 1. The lowest BCUT2D eigenvalue weighted by Crippen LogP contribution is -2.60. The van der Waals surface area contributed by atoms with E-state index in [1.807, 2.05) is 25.1 Å². The van der Waals surface area contributed by atoms with Crippen molar-refractivity contribution < 1.29 is 53.0 Å². The van der Waals surface area contributed by atoms with Gasteiger partial charge in [-0.2, -0.15) is 0 Å². The van der Waals surface area contributed by atoms with Crippen LogP contribution in [0.1, 0.15) is 22.8 Å². The zero-order valence-electron chi connectivity index (χ0n) is 25.2. The topological polar surface area (TPSA) is 175 Å². The van der Waals surface area contributed by atoms with Gasteiger partial charge in [0.15, 0.2) is 0 Å². The van der Waals surface area contributed by atoms with Crippen LogP contribution in [0.25, 0.3) is 11.0 Å². The summed E-state index contributed by atoms with van der Waals surface area (Å²) in [5.41, 5.74) is 1.96. The van der Waals surface area contributed by atoms with Gasteiger partial charge in [0.05, 0.1) is 64.2 Å². The van der Waals surface area contributed by atoms with Crippen LogP contribution in [0, 0.1) is 12.8 Å². The number of rotatable bonds is 14. The van der Waals surface area contributed by atoms with Crippen LogP contribution >= 0.6 is 0 Å². The van der Waals surface area contributed by atoms with E-state index in [2.05, 4.69) is 5.32 Å². The number of aliphatic hydroxyl groups is 2. The van der Waals surface area contributed by atoms with Crippen LogP contribution in [0.2, 0.25) is 0 Å². The number of aryl methyl sites for hydroxylation is 1. The van der Waals surface area contributed by atoms with Crippen LogP contribution in [-0.4, -0.2) is 99.1 Å². The van der Waals surface area contributed by atoms with E-state index in [1.165, 1.54) is 18.2 Å². The summed E-state index contributed by atoms with van der Waals surface area (Å²) in [5, 5.41) is 34.6. The predicted octanol–water partition coefficient (Wildman–Crippen LogP) is 1.36. The summed E-state index contributed by atoms with van der Waals surface area (Å²) in [6.07, 6.45) is -4.43. The predicted molar refractivity (Wildman–Crippen MR) is 159 cm³/mol. The third kappa shape index (κ3) is 8.00. The van der Waals surface area contributed by atoms with Crippen LogP contribution in [0.4, 0.5) is 0 Å². The lowest BCUT2D eigenvalue weighted by atomic mass is 9.81. The Labute approximate surface area is 259 Å². The van der Waals surface area contributed by atoms with Gasteiger partial charge in [-0.15, -0.1) is 0 Å². The van der Waals surface area contributed by atoms with E-state index in [0.717, 1.165) is 11.1 Å². The fourth-order valence-corrected chi connectivity index (χ4v) is 5.63. The number of phenols is 1. The molecule has 5 rings (SSSR count). The van der Waals surface area contributed by atoms with Crippen molar-refractivity contribution in [1.29, 1.82) is 0 Å². The van der Waals surface area contributed by atoms with E-state index in [-0.39, 0.29) is 56.6 Å². The van der Waals surface area contributed by atoms with Crippen molar-refractivity contribution in [3.05, 3.63) is 69.6 Å². The molecule has 3 aromatic rings. The highest BCUT2D eigenvalue weighted by Crippen LogP contribution is 2.46. The molecule has 2 aliphatic heterocycles. The van der Waals surface area contributed by atoms with E-state index in [1.54, 1.807) is 13.2 Å². The molecule has 2 unspecified atom stereocenters. The van der Waals surface area contributed by atoms with E-state index in [0.29, 0.717) is 29.9 Å². The highest BCUT2D eigenvalue weighted by molar-refractivity contribution is 5.87. The average molecular weight is 630 g/mol. The molecule has 0 radical (unpaired) electrons. The maximum absolute atomic E-state index is 12.3. The SMILES string of the molecule is CO[C@H]1c2cc(C)ccc2OC2O[C@H](COCCOCCOCCNC(=O)Cc3cc(=O)oc4cc(O)ccc34)[C@H](O)[C@H](O)C21. The number of hydrogen-bond acceptors (Lipinski definition) is 12. The number of phenolic OH excluding ortho intramolecular Hbond substituents is 1. The molecule has 2 aromatic carbocycles. The Morgan fingerprint density at radius 2 is 1.71 bits per heavy atom. The number of carbonyl (C=O) groups is 1. The fraction of sp³-hybridized carbons (Fsp3) is 0.500. The molecule has 3 heterocycles. The number of aromatic hydroxyl groups is 1. The number of fused-ring (bicyclic) bond motifs is 3. The van der Waals surface area contributed by atoms with E-state index >= 15 is 0 Å². The number of aliphatic hydroxyl groups excluding tert-OH is 2. The molecule has 0 spiro atoms. The van der Waals surface area contributed by atoms with Crippen LogP contribution in [0.5, 0.6) is 11.5 Å². The standard InChI is InChI=1S/C32H39NO12/c1-18-3-6-23-22(13-18)31(39-2)28-30(38)29(37)25(45-32(28)44-23)17-42-12-11-41-10-9-40-8-7-33-26(35)14-19-15-27(36)43-24-16-20(34)4-5-21(19)24/h3-6,13,15-16,25,28-32,34,37-38H,7-12,14,17H2,1-2H3,(H,33,35)/t25-,28?,29+,30-,31+,32?/m1/s1. The van der Waals surface area contributed by atoms with Crippen molar-refractivity contribution in [2.24, 2.45) is 5.92 Å². The zero-order valence-corrected chi connectivity index (χ0v) is 25.2. The van der Waals surface area contributed by atoms with Crippen molar-refractivity contribution in [1.82, 2.24) is 5.32 Å². The average Bonchev–Trinajstić information content (AvgIpc) is 3.00. The Bertz CT molecular complexity index is 1510. The maximum Gasteiger partial charge on any atom is 0.336 e. The van der Waals surface area contributed by atoms with Crippen LogP contribution in [0.3, 0.4) is 0 Å². The van der Waals surface area contributed by atoms with Crippen LogP contribution in [-0.2, 0) is 34.9 Å². The first-order valence-corrected chi connectivity index (χ1v) is 14.8. The number of ether oxygens (including phenoxy) is 6. The van der Waals surface area contributed by atoms with Gasteiger partial charge >= 0.3 is 5.63 Å². The second-order valence-electron chi connectivity index (χ2n) is 11.0. The van der Waals surface area contributed by atoms with Gasteiger partial charge in [-0.1, -0.05) is 11.6 Å². The molecule has 1 amide bonds. The number of benzene rings is 2. The van der Waals surface area contributed by atoms with Gasteiger partial charge < -0.3 is 53.5 Å². The minimum absolute atomic E-state index is 0.0204. The number of amides is 1. The lowest BCUT2D eigenvalue weighted by molar-refractivity contribution is -0.288. The summed E-state index contributed by atoms with van der Waals surface area (Å²) < 4.78 is 39.4. The Balaban J connectivity index is 0.940. The molecule has 0 bridgehead atoms. The van der Waals surface area contributed by atoms with Crippen molar-refractivity contribution in [2.45, 2.75) is 44.1 Å². The molecule has 1 saturated heterocycles. The molecular formula is C32H39NO12. The Hall–Kier alpha value is -3.56. The summed E-state index contributed by atoms with van der Waals surface area (Å²) >= 11 is 0. The molecule has 244 valence electrons. The molecule has 13 heteroatoms. The second-order valence-corrected chi connectivity index (χ2v) is 11.0. The summed E-state index contributed by atoms with van der Waals surface area (Å²) in [6.45, 7) is 3.69. The fourth-order valence-electron chi connectivity index (χ4n) is 5.63. The van der Waals surface area contributed by atoms with Gasteiger partial charge in [-0.05, 0) is 36.8 Å². The van der Waals surface area contributed by atoms with Gasteiger partial charge in [0.1, 0.15) is 29.3 Å². The van der Waals surface area contributed by atoms with E-state index in [4.69, 9.17) is 32.8 Å². The monoisotopic (exact) mass is 629 g/mol. The van der Waals surface area contributed by atoms with E-state index in [9.17, 15) is 24.9 Å². The molecular weight excluding hydrogens is 590 g/mol. The summed E-state index contributed by atoms with van der Waals surface area (Å²) in [4.78, 5) is 24.1. The first kappa shape index (κ1) is 32.8. The number of carbonyl (C=O) groups excluding carboxylic acids is 1. The zero-order chi connectivity index (χ0) is 31.9. The minimum Gasteiger partial charge on any atom is -0.508 e. The third-order valence-corrected chi connectivity index (χ3v) is 7.83. The maximum atomic E-state index is 12.3. The van der Waals surface area contributed by atoms with Gasteiger partial charge in [0.2, 0.25) is 12.2 Å². The number of nitrogens with one attached hydrogen (secondary N) is 1. The van der Waals surface area contributed by atoms with E-state index < -0.39 is 42.2 Å². The molecule has 13 nitrogen and oxygen atoms in total. The first-order valence-electron chi connectivity index (χ1n) is 14.8. The normalized spacial score (nSPS) is 24.1. The first-order chi connectivity index (χ1) is 21.7. The highest BCUT2D eigenvalue weighted by Gasteiger charge is 2.52. The van der Waals surface area contributed by atoms with Crippen molar-refractivity contribution in [3.63, 3.8) is 0 Å². The summed E-state index contributed by atoms with van der Waals surface area (Å²) in [6, 6.07) is 11.4. The molecule has 0 saturated carbocycles. The largest absolute Gasteiger partial charge is 0.508 e. The van der Waals surface area contributed by atoms with Crippen molar-refractivity contribution >= 4 is 16.9 Å². The molecule has 45 heavy (non-hydrogen) atoms. The van der Waals surface area contributed by atoms with Gasteiger partial charge in [0, 0.05) is 36.7 Å². The molecule has 1 aromatic heterocycles. The van der Waals surface area contributed by atoms with Crippen LogP contribution < -0.4 is 15.7 Å². The Morgan fingerprint density at radius 1 is 0.956 bits per heavy atom. The lowest BCUT2D eigenvalue weighted by Gasteiger charge is -2.47. The Kier molecular flexibility index (Phi) is 11.0. The summed E-state index contributed by atoms with van der Waals surface area (Å²) in [5.74, 6) is -0.299. The number of hydrogen-bond donors (Lipinski definition) is 4. The van der Waals surface area contributed by atoms with Crippen LogP contribution in [0.15, 0.2) is 51.7 Å². The molecule has 4 N–H and O–H groups in total. The quantitative estimate of drug-likeness (QED) is 0.149. The van der Waals surface area contributed by atoms with Gasteiger partial charge in [-0.25, -0.2) is 4.79 Å². The molecule has 2 aliphatic rings. The minimum atomic E-state index is -1.19. The van der Waals surface area contributed by atoms with Gasteiger partial charge in [-0.3, -0.25) is 4.79 Å². The Morgan fingerprint density at radius 3 is 2.49 bits per heavy atom. The van der Waals surface area contributed by atoms with Crippen molar-refractivity contribution in [2.75, 3.05) is 53.3 Å². The highest BCUT2D eigenvalue weighted by atomic mass is 16.7. The second kappa shape index (κ2) is 15.1. The smallest absolute Gasteiger partial charge is 0.336 e. The molecule has 1 fully saturated rings. The molecule has 0 aliphatic carbocycles. The van der Waals surface area contributed by atoms with Crippen molar-refractivity contribution in [3.8, 4) is 11.5 Å². The molecule has 6 atom stereocenters.